The van der Waals surface area contributed by atoms with Crippen LogP contribution in [0.25, 0.3) is 0 Å². The van der Waals surface area contributed by atoms with Gasteiger partial charge in [0.2, 0.25) is 5.69 Å². The van der Waals surface area contributed by atoms with Crippen molar-refractivity contribution in [3.63, 3.8) is 0 Å². The van der Waals surface area contributed by atoms with Crippen LogP contribution in [0.1, 0.15) is 76.8 Å². The number of fused-ring (bicyclic) bond motifs is 2. The molecule has 2 aliphatic heterocycles. The first-order chi connectivity index (χ1) is 30.7. The number of aliphatic carboxylic acids is 1. The Morgan fingerprint density at radius 3 is 1.89 bits per heavy atom. The topological polar surface area (TPSA) is 244 Å². The Morgan fingerprint density at radius 2 is 1.29 bits per heavy atom. The second-order valence-corrected chi connectivity index (χ2v) is 20.5. The van der Waals surface area contributed by atoms with Crippen molar-refractivity contribution < 1.29 is 72.3 Å². The van der Waals surface area contributed by atoms with Gasteiger partial charge in [0.15, 0.2) is 5.71 Å². The van der Waals surface area contributed by atoms with Crippen LogP contribution in [0.5, 0.6) is 0 Å². The largest absolute Gasteiger partial charge is 0.481 e. The van der Waals surface area contributed by atoms with Crippen LogP contribution in [0.4, 0.5) is 11.4 Å². The third kappa shape index (κ3) is 15.0. The highest BCUT2D eigenvalue weighted by molar-refractivity contribution is 7.86. The molecule has 2 aliphatic rings. The van der Waals surface area contributed by atoms with E-state index in [4.69, 9.17) is 18.9 Å². The lowest BCUT2D eigenvalue weighted by Gasteiger charge is -2.30. The fraction of sp³-hybridized carbons (Fsp3) is 0.511. The number of ether oxygens (including phenoxy) is 4. The molecule has 360 valence electrons. The van der Waals surface area contributed by atoms with Crippen molar-refractivity contribution in [3.8, 4) is 0 Å². The van der Waals surface area contributed by atoms with Crippen LogP contribution >= 0.6 is 0 Å². The zero-order valence-electron chi connectivity index (χ0n) is 37.4. The third-order valence-corrected chi connectivity index (χ3v) is 14.1. The molecule has 0 bridgehead atoms. The Balaban J connectivity index is 1.62. The van der Waals surface area contributed by atoms with E-state index in [1.807, 2.05) is 50.0 Å². The van der Waals surface area contributed by atoms with E-state index in [1.165, 1.54) is 24.3 Å². The lowest BCUT2D eigenvalue weighted by Crippen LogP contribution is -2.33. The number of hydrogen-bond donors (Lipinski definition) is 4. The van der Waals surface area contributed by atoms with Gasteiger partial charge in [0.1, 0.15) is 6.54 Å². The van der Waals surface area contributed by atoms with E-state index in [1.54, 1.807) is 37.5 Å². The first kappa shape index (κ1) is 53.5. The SMILES string of the molecule is CCN1/C(=C/C=C/C=C/C=C/C2=[N+](CCCCCC(=O)O)c3ccc(S(=O)(=O)O)cc3C2(C)CCOCCOCCOCCOC)C(C)(CCCS(=O)(=O)O)c2cc(S(=O)(=O)O)ccc21. The normalized spacial score (nSPS) is 19.7. The second-order valence-electron chi connectivity index (χ2n) is 16.1. The second kappa shape index (κ2) is 24.1. The van der Waals surface area contributed by atoms with Crippen molar-refractivity contribution in [3.05, 3.63) is 95.8 Å². The minimum atomic E-state index is -4.53. The Kier molecular flexibility index (Phi) is 19.8. The monoisotopic (exact) mass is 967 g/mol. The zero-order chi connectivity index (χ0) is 47.9. The molecular formula is C45H63N2O15S3+. The zero-order valence-corrected chi connectivity index (χ0v) is 39.9. The van der Waals surface area contributed by atoms with Gasteiger partial charge in [-0.25, -0.2) is 0 Å². The molecule has 2 heterocycles. The molecule has 0 saturated carbocycles. The van der Waals surface area contributed by atoms with Gasteiger partial charge in [0.25, 0.3) is 30.4 Å². The lowest BCUT2D eigenvalue weighted by atomic mass is 9.76. The molecule has 2 unspecified atom stereocenters. The summed E-state index contributed by atoms with van der Waals surface area (Å²) in [6.07, 6.45) is 15.5. The summed E-state index contributed by atoms with van der Waals surface area (Å²) >= 11 is 0. The lowest BCUT2D eigenvalue weighted by molar-refractivity contribution is -0.438. The number of allylic oxidation sites excluding steroid dienone is 8. The number of methoxy groups -OCH3 is 1. The molecule has 0 aliphatic carbocycles. The van der Waals surface area contributed by atoms with Gasteiger partial charge in [-0.3, -0.25) is 18.5 Å². The first-order valence-corrected chi connectivity index (χ1v) is 25.9. The Morgan fingerprint density at radius 1 is 0.708 bits per heavy atom. The average molecular weight is 968 g/mol. The summed E-state index contributed by atoms with van der Waals surface area (Å²) in [7, 11) is -11.7. The quantitative estimate of drug-likeness (QED) is 0.0303. The van der Waals surface area contributed by atoms with Crippen molar-refractivity contribution >= 4 is 53.4 Å². The van der Waals surface area contributed by atoms with Crippen molar-refractivity contribution in [1.29, 1.82) is 0 Å². The Labute approximate surface area is 383 Å². The molecular weight excluding hydrogens is 905 g/mol. The molecule has 0 saturated heterocycles. The van der Waals surface area contributed by atoms with Gasteiger partial charge in [0.05, 0.1) is 60.6 Å². The first-order valence-electron chi connectivity index (χ1n) is 21.4. The smallest absolute Gasteiger partial charge is 0.303 e. The van der Waals surface area contributed by atoms with Crippen LogP contribution in [0, 0.1) is 0 Å². The van der Waals surface area contributed by atoms with E-state index in [0.29, 0.717) is 102 Å². The maximum Gasteiger partial charge on any atom is 0.303 e. The molecule has 4 rings (SSSR count). The van der Waals surface area contributed by atoms with Crippen LogP contribution < -0.4 is 4.90 Å². The maximum atomic E-state index is 12.3. The molecule has 2 aromatic carbocycles. The van der Waals surface area contributed by atoms with Gasteiger partial charge in [-0.05, 0) is 94.8 Å². The minimum absolute atomic E-state index is 0.0467. The number of rotatable bonds is 29. The van der Waals surface area contributed by atoms with Crippen molar-refractivity contribution in [1.82, 2.24) is 0 Å². The van der Waals surface area contributed by atoms with E-state index in [0.717, 1.165) is 17.1 Å². The number of unbranched alkanes of at least 4 members (excludes halogenated alkanes) is 2. The number of benzene rings is 2. The van der Waals surface area contributed by atoms with Gasteiger partial charge in [-0.15, -0.1) is 0 Å². The highest BCUT2D eigenvalue weighted by Crippen LogP contribution is 2.51. The third-order valence-electron chi connectivity index (χ3n) is 11.6. The van der Waals surface area contributed by atoms with E-state index in [9.17, 15) is 48.8 Å². The fourth-order valence-electron chi connectivity index (χ4n) is 8.27. The minimum Gasteiger partial charge on any atom is -0.481 e. The molecule has 17 nitrogen and oxygen atoms in total. The summed E-state index contributed by atoms with van der Waals surface area (Å²) in [5.74, 6) is -1.35. The Hall–Kier alpha value is -4.09. The van der Waals surface area contributed by atoms with Gasteiger partial charge < -0.3 is 29.0 Å². The van der Waals surface area contributed by atoms with Crippen molar-refractivity contribution in [2.45, 2.75) is 86.3 Å². The standard InChI is InChI=1S/C45H62N2O15S3/c1-5-46-39-20-18-35(64(53,54)55)33-37(39)44(2,22-14-32-63(50,51)52)41(46)15-10-7-6-8-11-16-42-45(3,23-25-60-28-29-62-31-30-61-27-26-59-4)38-34-36(65(56,57)58)19-21-40(38)47(42)24-13-9-12-17-43(48)49/h6-8,10-11,15-16,18-21,33-34H,5,9,12-14,17,22-32H2,1-4H3,(H3-,48,49,50,51,52,53,54,55,56,57,58)/p+1. The number of carboxylic acids is 1. The molecule has 2 aromatic rings. The van der Waals surface area contributed by atoms with Crippen molar-refractivity contribution in [2.24, 2.45) is 0 Å². The molecule has 2 atom stereocenters. The molecule has 0 amide bonds. The van der Waals surface area contributed by atoms with Crippen LogP contribution in [-0.2, 0) is 64.9 Å². The number of anilines is 1. The number of likely N-dealkylation sites (N-methyl/N-ethyl adjacent to an activating group) is 1. The molecule has 0 spiro atoms. The van der Waals surface area contributed by atoms with E-state index in [-0.39, 0.29) is 29.1 Å². The van der Waals surface area contributed by atoms with Crippen LogP contribution in [0.2, 0.25) is 0 Å². The number of nitrogens with zero attached hydrogens (tertiary/aromatic N) is 2. The predicted molar refractivity (Wildman–Crippen MR) is 246 cm³/mol. The van der Waals surface area contributed by atoms with Crippen LogP contribution in [-0.4, -0.2) is 132 Å². The predicted octanol–water partition coefficient (Wildman–Crippen LogP) is 6.29. The molecule has 0 radical (unpaired) electrons. The van der Waals surface area contributed by atoms with E-state index >= 15 is 0 Å². The van der Waals surface area contributed by atoms with Crippen LogP contribution in [0.15, 0.2) is 94.4 Å². The number of carbonyl (C=O) groups is 1. The summed E-state index contributed by atoms with van der Waals surface area (Å²) < 4.78 is 126. The van der Waals surface area contributed by atoms with E-state index < -0.39 is 52.9 Å². The number of hydrogen-bond acceptors (Lipinski definition) is 12. The summed E-state index contributed by atoms with van der Waals surface area (Å²) in [6, 6.07) is 8.85. The van der Waals surface area contributed by atoms with Crippen molar-refractivity contribution in [2.75, 3.05) is 77.1 Å². The molecule has 0 aromatic heterocycles. The number of carboxylic acid groups (broad SMARTS) is 1. The highest BCUT2D eigenvalue weighted by atomic mass is 32.2. The maximum absolute atomic E-state index is 12.3. The summed E-state index contributed by atoms with van der Waals surface area (Å²) in [4.78, 5) is 12.6. The molecule has 0 fully saturated rings. The van der Waals surface area contributed by atoms with Gasteiger partial charge in [-0.2, -0.15) is 29.8 Å². The summed E-state index contributed by atoms with van der Waals surface area (Å²) in [5, 5.41) is 9.17. The molecule has 65 heavy (non-hydrogen) atoms. The fourth-order valence-corrected chi connectivity index (χ4v) is 9.79. The summed E-state index contributed by atoms with van der Waals surface area (Å²) in [5.41, 5.74) is 2.67. The van der Waals surface area contributed by atoms with Gasteiger partial charge >= 0.3 is 5.97 Å². The molecule has 20 heteroatoms. The van der Waals surface area contributed by atoms with Gasteiger partial charge in [0, 0.05) is 67.6 Å². The summed E-state index contributed by atoms with van der Waals surface area (Å²) in [6.45, 7) is 9.51. The van der Waals surface area contributed by atoms with E-state index in [2.05, 4.69) is 4.58 Å². The highest BCUT2D eigenvalue weighted by Gasteiger charge is 2.48. The average Bonchev–Trinajstić information content (AvgIpc) is 3.60. The Bertz CT molecular complexity index is 2460. The molecule has 4 N–H and O–H groups in total. The van der Waals surface area contributed by atoms with Gasteiger partial charge in [-0.1, -0.05) is 30.4 Å². The van der Waals surface area contributed by atoms with Crippen LogP contribution in [0.3, 0.4) is 0 Å².